The van der Waals surface area contributed by atoms with Gasteiger partial charge >= 0.3 is 6.18 Å². The van der Waals surface area contributed by atoms with E-state index < -0.39 is 21.8 Å². The zero-order valence-corrected chi connectivity index (χ0v) is 25.8. The van der Waals surface area contributed by atoms with Gasteiger partial charge in [0.2, 0.25) is 10.0 Å². The number of rotatable bonds is 11. The molecule has 1 atom stereocenters. The summed E-state index contributed by atoms with van der Waals surface area (Å²) in [6, 6.07) is 13.9. The summed E-state index contributed by atoms with van der Waals surface area (Å²) in [5, 5.41) is 0. The third-order valence-corrected chi connectivity index (χ3v) is 8.32. The Balaban J connectivity index is 1.40. The molecule has 0 bridgehead atoms. The zero-order chi connectivity index (χ0) is 32.2. The van der Waals surface area contributed by atoms with Crippen LogP contribution in [0.5, 0.6) is 5.75 Å². The second-order valence-corrected chi connectivity index (χ2v) is 12.8. The van der Waals surface area contributed by atoms with E-state index in [0.29, 0.717) is 54.2 Å². The van der Waals surface area contributed by atoms with Gasteiger partial charge in [0.1, 0.15) is 5.75 Å². The highest BCUT2D eigenvalue weighted by Crippen LogP contribution is 2.38. The summed E-state index contributed by atoms with van der Waals surface area (Å²) in [6.45, 7) is 1.79. The van der Waals surface area contributed by atoms with Gasteiger partial charge in [0, 0.05) is 37.4 Å². The first-order valence-electron chi connectivity index (χ1n) is 14.5. The van der Waals surface area contributed by atoms with Gasteiger partial charge in [0.05, 0.1) is 37.3 Å². The van der Waals surface area contributed by atoms with Crippen molar-refractivity contribution in [1.29, 1.82) is 0 Å². The van der Waals surface area contributed by atoms with E-state index in [9.17, 15) is 26.4 Å². The van der Waals surface area contributed by atoms with Crippen molar-refractivity contribution in [3.05, 3.63) is 76.9 Å². The molecule has 2 heterocycles. The van der Waals surface area contributed by atoms with E-state index in [1.54, 1.807) is 36.4 Å². The molecule has 5 rings (SSSR count). The molecule has 2 aliphatic heterocycles. The Labute approximate surface area is 260 Å². The number of fused-ring (bicyclic) bond motifs is 1. The minimum atomic E-state index is -4.51. The Kier molecular flexibility index (Phi) is 10.0. The summed E-state index contributed by atoms with van der Waals surface area (Å²) in [7, 11) is -2.14. The van der Waals surface area contributed by atoms with Crippen molar-refractivity contribution in [3.63, 3.8) is 0 Å². The molecule has 3 aromatic carbocycles. The highest BCUT2D eigenvalue weighted by atomic mass is 32.2. The Bertz CT molecular complexity index is 1640. The molecule has 1 saturated heterocycles. The largest absolute Gasteiger partial charge is 0.465 e. The number of benzene rings is 3. The lowest BCUT2D eigenvalue weighted by atomic mass is 9.88. The summed E-state index contributed by atoms with van der Waals surface area (Å²) < 4.78 is 89.5. The number of halogens is 3. The molecule has 1 unspecified atom stereocenters. The normalized spacial score (nSPS) is 17.2. The predicted octanol–water partition coefficient (Wildman–Crippen LogP) is 5.84. The van der Waals surface area contributed by atoms with E-state index in [0.717, 1.165) is 30.7 Å². The standard InChI is InChI=1S/C32H35F3N2O7S/c1-41-12-13-43-20-44-30-8-6-27(18-29(30)36-45(2,39)40)37-10-9-22-14-21(5-7-28(22)31(37)38)24-15-25(23-4-3-11-42-19-23)17-26(16-24)32(33,34)35/h5-8,14-18,23,36H,3-4,9-13,19-20H2,1-2H3. The summed E-state index contributed by atoms with van der Waals surface area (Å²) >= 11 is 0. The van der Waals surface area contributed by atoms with Gasteiger partial charge in [0.15, 0.2) is 6.79 Å². The van der Waals surface area contributed by atoms with Crippen LogP contribution in [0.25, 0.3) is 11.1 Å². The molecule has 242 valence electrons. The molecular weight excluding hydrogens is 613 g/mol. The Hall–Kier alpha value is -3.65. The Morgan fingerprint density at radius 2 is 1.87 bits per heavy atom. The van der Waals surface area contributed by atoms with E-state index >= 15 is 0 Å². The fourth-order valence-corrected chi connectivity index (χ4v) is 6.09. The van der Waals surface area contributed by atoms with E-state index in [-0.39, 0.29) is 43.2 Å². The van der Waals surface area contributed by atoms with Crippen LogP contribution in [0.3, 0.4) is 0 Å². The molecule has 0 spiro atoms. The molecule has 0 aromatic heterocycles. The van der Waals surface area contributed by atoms with Gasteiger partial charge in [0.25, 0.3) is 5.91 Å². The van der Waals surface area contributed by atoms with E-state index in [2.05, 4.69) is 4.72 Å². The number of anilines is 2. The number of nitrogens with zero attached hydrogens (tertiary/aromatic N) is 1. The quantitative estimate of drug-likeness (QED) is 0.206. The highest BCUT2D eigenvalue weighted by molar-refractivity contribution is 7.92. The number of amides is 1. The SMILES string of the molecule is COCCOCOc1ccc(N2CCc3cc(-c4cc(C5CCCOC5)cc(C(F)(F)F)c4)ccc3C2=O)cc1NS(C)(=O)=O. The lowest BCUT2D eigenvalue weighted by molar-refractivity contribution is -0.137. The van der Waals surface area contributed by atoms with Crippen molar-refractivity contribution < 1.29 is 45.3 Å². The number of methoxy groups -OCH3 is 1. The number of carbonyl (C=O) groups excluding carboxylic acids is 1. The molecule has 45 heavy (non-hydrogen) atoms. The van der Waals surface area contributed by atoms with E-state index in [1.165, 1.54) is 24.1 Å². The average molecular weight is 649 g/mol. The van der Waals surface area contributed by atoms with Crippen LogP contribution >= 0.6 is 0 Å². The van der Waals surface area contributed by atoms with Gasteiger partial charge in [-0.15, -0.1) is 0 Å². The van der Waals surface area contributed by atoms with Crippen LogP contribution in [0.4, 0.5) is 24.5 Å². The van der Waals surface area contributed by atoms with E-state index in [4.69, 9.17) is 18.9 Å². The number of ether oxygens (including phenoxy) is 4. The average Bonchev–Trinajstić information content (AvgIpc) is 3.00. The molecular formula is C32H35F3N2O7S. The van der Waals surface area contributed by atoms with Gasteiger partial charge in [-0.3, -0.25) is 9.52 Å². The van der Waals surface area contributed by atoms with Crippen LogP contribution in [0.15, 0.2) is 54.6 Å². The van der Waals surface area contributed by atoms with Gasteiger partial charge in [-0.2, -0.15) is 13.2 Å². The van der Waals surface area contributed by atoms with E-state index in [1.807, 2.05) is 0 Å². The first-order chi connectivity index (χ1) is 21.4. The van der Waals surface area contributed by atoms with Gasteiger partial charge in [-0.05, 0) is 77.9 Å². The number of carbonyl (C=O) groups is 1. The number of nitrogens with one attached hydrogen (secondary N) is 1. The third-order valence-electron chi connectivity index (χ3n) is 7.73. The highest BCUT2D eigenvalue weighted by Gasteiger charge is 2.33. The van der Waals surface area contributed by atoms with Crippen LogP contribution in [-0.4, -0.2) is 67.5 Å². The third kappa shape index (κ3) is 8.15. The monoisotopic (exact) mass is 648 g/mol. The second-order valence-electron chi connectivity index (χ2n) is 11.1. The summed E-state index contributed by atoms with van der Waals surface area (Å²) in [4.78, 5) is 15.2. The van der Waals surface area contributed by atoms with Crippen molar-refractivity contribution in [2.24, 2.45) is 0 Å². The van der Waals surface area contributed by atoms with Crippen LogP contribution < -0.4 is 14.4 Å². The molecule has 3 aromatic rings. The fourth-order valence-electron chi connectivity index (χ4n) is 5.53. The first kappa shape index (κ1) is 32.7. The molecule has 0 radical (unpaired) electrons. The van der Waals surface area contributed by atoms with Crippen molar-refractivity contribution in [2.45, 2.75) is 31.4 Å². The van der Waals surface area contributed by atoms with Crippen LogP contribution in [-0.2, 0) is 36.8 Å². The number of hydrogen-bond acceptors (Lipinski definition) is 7. The van der Waals surface area contributed by atoms with Crippen molar-refractivity contribution in [3.8, 4) is 16.9 Å². The molecule has 1 N–H and O–H groups in total. The molecule has 1 fully saturated rings. The van der Waals surface area contributed by atoms with Gasteiger partial charge in [-0.25, -0.2) is 8.42 Å². The predicted molar refractivity (Wildman–Crippen MR) is 163 cm³/mol. The maximum absolute atomic E-state index is 13.9. The molecule has 2 aliphatic rings. The lowest BCUT2D eigenvalue weighted by Crippen LogP contribution is -2.37. The van der Waals surface area contributed by atoms with Crippen molar-refractivity contribution in [1.82, 2.24) is 0 Å². The van der Waals surface area contributed by atoms with Crippen molar-refractivity contribution >= 4 is 27.3 Å². The maximum Gasteiger partial charge on any atom is 0.416 e. The number of hydrogen-bond donors (Lipinski definition) is 1. The molecule has 13 heteroatoms. The topological polar surface area (TPSA) is 103 Å². The summed E-state index contributed by atoms with van der Waals surface area (Å²) in [5.74, 6) is -0.209. The van der Waals surface area contributed by atoms with Crippen molar-refractivity contribution in [2.75, 3.05) is 62.8 Å². The first-order valence-corrected chi connectivity index (χ1v) is 16.4. The molecule has 0 aliphatic carbocycles. The van der Waals surface area contributed by atoms with Gasteiger partial charge < -0.3 is 23.8 Å². The summed E-state index contributed by atoms with van der Waals surface area (Å²) in [6.07, 6.45) is -1.51. The fraction of sp³-hybridized carbons (Fsp3) is 0.406. The zero-order valence-electron chi connectivity index (χ0n) is 25.0. The van der Waals surface area contributed by atoms with Crippen LogP contribution in [0.1, 0.15) is 45.8 Å². The minimum Gasteiger partial charge on any atom is -0.465 e. The summed E-state index contributed by atoms with van der Waals surface area (Å²) in [5.41, 5.74) is 2.63. The Morgan fingerprint density at radius 3 is 2.58 bits per heavy atom. The van der Waals surface area contributed by atoms with Crippen LogP contribution in [0, 0.1) is 0 Å². The maximum atomic E-state index is 13.9. The Morgan fingerprint density at radius 1 is 1.04 bits per heavy atom. The van der Waals surface area contributed by atoms with Gasteiger partial charge in [-0.1, -0.05) is 18.2 Å². The second kappa shape index (κ2) is 13.8. The number of alkyl halides is 3. The molecule has 9 nitrogen and oxygen atoms in total. The molecule has 0 saturated carbocycles. The number of sulfonamides is 1. The molecule has 1 amide bonds. The smallest absolute Gasteiger partial charge is 0.416 e. The lowest BCUT2D eigenvalue weighted by Gasteiger charge is -2.30. The van der Waals surface area contributed by atoms with Crippen LogP contribution in [0.2, 0.25) is 0 Å². The minimum absolute atomic E-state index is 0.116.